The number of allylic oxidation sites excluding steroid dienone is 1. The average Bonchev–Trinajstić information content (AvgIpc) is 3.00. The number of aliphatic hydroxyl groups is 1. The van der Waals surface area contributed by atoms with Crippen LogP contribution in [0.5, 0.6) is 0 Å². The van der Waals surface area contributed by atoms with Gasteiger partial charge in [0.15, 0.2) is 11.5 Å². The fraction of sp³-hybridized carbons (Fsp3) is 0.217. The van der Waals surface area contributed by atoms with Crippen LogP contribution in [0.2, 0.25) is 10.0 Å². The summed E-state index contributed by atoms with van der Waals surface area (Å²) >= 11 is 12.2. The first kappa shape index (κ1) is 22.1. The Morgan fingerprint density at radius 1 is 1.17 bits per heavy atom. The molecule has 3 rings (SSSR count). The van der Waals surface area contributed by atoms with E-state index in [-0.39, 0.29) is 5.57 Å². The molecule has 30 heavy (non-hydrogen) atoms. The second kappa shape index (κ2) is 9.94. The first-order chi connectivity index (χ1) is 14.4. The highest BCUT2D eigenvalue weighted by molar-refractivity contribution is 6.42. The monoisotopic (exact) mass is 445 g/mol. The van der Waals surface area contributed by atoms with Gasteiger partial charge in [0.1, 0.15) is 0 Å². The van der Waals surface area contributed by atoms with E-state index in [2.05, 4.69) is 0 Å². The lowest BCUT2D eigenvalue weighted by Gasteiger charge is -2.26. The molecule has 1 amide bonds. The molecule has 1 aliphatic heterocycles. The lowest BCUT2D eigenvalue weighted by Crippen LogP contribution is -2.32. The summed E-state index contributed by atoms with van der Waals surface area (Å²) in [5.41, 5.74) is 1.44. The maximum absolute atomic E-state index is 13.0. The van der Waals surface area contributed by atoms with Gasteiger partial charge in [-0.05, 0) is 35.8 Å². The molecule has 0 fully saturated rings. The van der Waals surface area contributed by atoms with Crippen molar-refractivity contribution in [3.63, 3.8) is 0 Å². The molecular weight excluding hydrogens is 425 g/mol. The highest BCUT2D eigenvalue weighted by Crippen LogP contribution is 2.39. The minimum absolute atomic E-state index is 0.0167. The number of nitrogens with zero attached hydrogens (tertiary/aromatic N) is 1. The van der Waals surface area contributed by atoms with Gasteiger partial charge in [-0.2, -0.15) is 0 Å². The Bertz CT molecular complexity index is 1000. The zero-order chi connectivity index (χ0) is 21.7. The number of aliphatic hydroxyl groups excluding tert-OH is 1. The van der Waals surface area contributed by atoms with Gasteiger partial charge in [0.2, 0.25) is 0 Å². The Kier molecular flexibility index (Phi) is 7.32. The molecule has 1 unspecified atom stereocenters. The standard InChI is InChI=1S/C23H21Cl2NO4/c1-30-13-5-12-26-21(16-9-10-17(24)18(25)14-16)20(22(28)23(26)29)19(27)11-8-15-6-3-2-4-7-15/h2-4,6-11,14,21,28H,5,12-13H2,1H3. The van der Waals surface area contributed by atoms with Gasteiger partial charge in [-0.15, -0.1) is 0 Å². The SMILES string of the molecule is COCCCN1C(=O)C(O)=C(C(=O)C=Cc2ccccc2)C1c1ccc(Cl)c(Cl)c1. The van der Waals surface area contributed by atoms with Crippen molar-refractivity contribution >= 4 is 41.0 Å². The number of halogens is 2. The highest BCUT2D eigenvalue weighted by atomic mass is 35.5. The maximum atomic E-state index is 13.0. The zero-order valence-electron chi connectivity index (χ0n) is 16.3. The van der Waals surface area contributed by atoms with Crippen molar-refractivity contribution in [1.82, 2.24) is 4.90 Å². The summed E-state index contributed by atoms with van der Waals surface area (Å²) in [5, 5.41) is 11.2. The highest BCUT2D eigenvalue weighted by Gasteiger charge is 2.42. The molecule has 1 atom stereocenters. The van der Waals surface area contributed by atoms with Gasteiger partial charge in [0, 0.05) is 20.3 Å². The molecule has 2 aromatic carbocycles. The molecule has 0 bridgehead atoms. The van der Waals surface area contributed by atoms with Gasteiger partial charge in [-0.3, -0.25) is 9.59 Å². The largest absolute Gasteiger partial charge is 0.503 e. The molecular formula is C23H21Cl2NO4. The first-order valence-corrected chi connectivity index (χ1v) is 10.1. The van der Waals surface area contributed by atoms with Crippen molar-refractivity contribution in [2.24, 2.45) is 0 Å². The van der Waals surface area contributed by atoms with Crippen molar-refractivity contribution in [2.75, 3.05) is 20.3 Å². The Balaban J connectivity index is 1.98. The summed E-state index contributed by atoms with van der Waals surface area (Å²) in [7, 11) is 1.57. The van der Waals surface area contributed by atoms with E-state index in [4.69, 9.17) is 27.9 Å². The van der Waals surface area contributed by atoms with Gasteiger partial charge in [0.25, 0.3) is 5.91 Å². The van der Waals surface area contributed by atoms with Crippen molar-refractivity contribution in [2.45, 2.75) is 12.5 Å². The summed E-state index contributed by atoms with van der Waals surface area (Å²) in [6, 6.07) is 13.4. The van der Waals surface area contributed by atoms with E-state index in [0.29, 0.717) is 35.2 Å². The molecule has 0 radical (unpaired) electrons. The van der Waals surface area contributed by atoms with E-state index in [1.807, 2.05) is 30.3 Å². The normalized spacial score (nSPS) is 16.7. The van der Waals surface area contributed by atoms with Crippen LogP contribution >= 0.6 is 23.2 Å². The molecule has 1 aliphatic rings. The van der Waals surface area contributed by atoms with Gasteiger partial charge in [0.05, 0.1) is 21.7 Å². The average molecular weight is 446 g/mol. The molecule has 0 saturated carbocycles. The zero-order valence-corrected chi connectivity index (χ0v) is 17.9. The second-order valence-electron chi connectivity index (χ2n) is 6.79. The third-order valence-electron chi connectivity index (χ3n) is 4.80. The Labute approximate surface area is 185 Å². The van der Waals surface area contributed by atoms with E-state index in [1.165, 1.54) is 11.0 Å². The van der Waals surface area contributed by atoms with Gasteiger partial charge in [-0.25, -0.2) is 0 Å². The Morgan fingerprint density at radius 3 is 2.57 bits per heavy atom. The number of amides is 1. The Hall–Kier alpha value is -2.60. The number of methoxy groups -OCH3 is 1. The van der Waals surface area contributed by atoms with Crippen LogP contribution in [0.15, 0.2) is 65.9 Å². The number of ketones is 1. The van der Waals surface area contributed by atoms with Crippen molar-refractivity contribution in [3.05, 3.63) is 87.1 Å². The third kappa shape index (κ3) is 4.75. The predicted molar refractivity (Wildman–Crippen MR) is 118 cm³/mol. The van der Waals surface area contributed by atoms with Crippen LogP contribution in [-0.2, 0) is 14.3 Å². The fourth-order valence-corrected chi connectivity index (χ4v) is 3.68. The van der Waals surface area contributed by atoms with Crippen molar-refractivity contribution in [1.29, 1.82) is 0 Å². The van der Waals surface area contributed by atoms with E-state index in [9.17, 15) is 14.7 Å². The first-order valence-electron chi connectivity index (χ1n) is 9.39. The molecule has 0 spiro atoms. The molecule has 7 heteroatoms. The van der Waals surface area contributed by atoms with Crippen molar-refractivity contribution in [3.8, 4) is 0 Å². The van der Waals surface area contributed by atoms with Crippen LogP contribution in [0.4, 0.5) is 0 Å². The summed E-state index contributed by atoms with van der Waals surface area (Å²) in [4.78, 5) is 27.2. The van der Waals surface area contributed by atoms with Crippen molar-refractivity contribution < 1.29 is 19.4 Å². The van der Waals surface area contributed by atoms with Crippen LogP contribution in [-0.4, -0.2) is 42.0 Å². The fourth-order valence-electron chi connectivity index (χ4n) is 3.37. The minimum Gasteiger partial charge on any atom is -0.503 e. The molecule has 0 saturated heterocycles. The molecule has 0 aliphatic carbocycles. The Morgan fingerprint density at radius 2 is 1.90 bits per heavy atom. The van der Waals surface area contributed by atoms with Gasteiger partial charge < -0.3 is 14.7 Å². The van der Waals surface area contributed by atoms with E-state index >= 15 is 0 Å². The number of hydrogen-bond donors (Lipinski definition) is 1. The molecule has 156 valence electrons. The summed E-state index contributed by atoms with van der Waals surface area (Å²) in [6.45, 7) is 0.747. The van der Waals surface area contributed by atoms with Gasteiger partial charge >= 0.3 is 0 Å². The molecule has 0 aromatic heterocycles. The lowest BCUT2D eigenvalue weighted by atomic mass is 9.95. The molecule has 5 nitrogen and oxygen atoms in total. The lowest BCUT2D eigenvalue weighted by molar-refractivity contribution is -0.129. The van der Waals surface area contributed by atoms with Crippen LogP contribution in [0.3, 0.4) is 0 Å². The predicted octanol–water partition coefficient (Wildman–Crippen LogP) is 5.01. The van der Waals surface area contributed by atoms with Gasteiger partial charge in [-0.1, -0.05) is 65.7 Å². The van der Waals surface area contributed by atoms with Crippen LogP contribution < -0.4 is 0 Å². The van der Waals surface area contributed by atoms with Crippen LogP contribution in [0, 0.1) is 0 Å². The van der Waals surface area contributed by atoms with E-state index in [1.54, 1.807) is 31.4 Å². The number of hydrogen-bond acceptors (Lipinski definition) is 4. The summed E-state index contributed by atoms with van der Waals surface area (Å²) in [6.07, 6.45) is 3.55. The number of benzene rings is 2. The topological polar surface area (TPSA) is 66.8 Å². The number of carbonyl (C=O) groups excluding carboxylic acids is 2. The van der Waals surface area contributed by atoms with E-state index in [0.717, 1.165) is 5.56 Å². The number of ether oxygens (including phenoxy) is 1. The molecule has 1 heterocycles. The maximum Gasteiger partial charge on any atom is 0.290 e. The van der Waals surface area contributed by atoms with Crippen LogP contribution in [0.1, 0.15) is 23.6 Å². The summed E-state index contributed by atoms with van der Waals surface area (Å²) < 4.78 is 5.07. The van der Waals surface area contributed by atoms with E-state index < -0.39 is 23.5 Å². The minimum atomic E-state index is -0.767. The number of rotatable bonds is 8. The number of carbonyl (C=O) groups is 2. The van der Waals surface area contributed by atoms with Crippen LogP contribution in [0.25, 0.3) is 6.08 Å². The smallest absolute Gasteiger partial charge is 0.290 e. The second-order valence-corrected chi connectivity index (χ2v) is 7.61. The summed E-state index contributed by atoms with van der Waals surface area (Å²) in [5.74, 6) is -1.60. The molecule has 1 N–H and O–H groups in total. The quantitative estimate of drug-likeness (QED) is 0.458. The molecule has 2 aromatic rings. The third-order valence-corrected chi connectivity index (χ3v) is 5.54.